The number of amides is 1. The van der Waals surface area contributed by atoms with Gasteiger partial charge in [0.15, 0.2) is 0 Å². The summed E-state index contributed by atoms with van der Waals surface area (Å²) >= 11 is 0. The van der Waals surface area contributed by atoms with Gasteiger partial charge < -0.3 is 27.0 Å². The van der Waals surface area contributed by atoms with Crippen molar-refractivity contribution >= 4 is 11.6 Å². The Hall–Kier alpha value is -2.07. The van der Waals surface area contributed by atoms with Gasteiger partial charge in [-0.25, -0.2) is 0 Å². The van der Waals surface area contributed by atoms with Crippen LogP contribution in [0.5, 0.6) is 0 Å². The van der Waals surface area contributed by atoms with Crippen LogP contribution < -0.4 is 16.8 Å². The van der Waals surface area contributed by atoms with E-state index in [0.717, 1.165) is 6.42 Å². The topological polar surface area (TPSA) is 165 Å². The lowest BCUT2D eigenvalue weighted by molar-refractivity contribution is -0.384. The molecule has 0 spiro atoms. The van der Waals surface area contributed by atoms with Gasteiger partial charge >= 0.3 is 0 Å². The average Bonchev–Trinajstić information content (AvgIpc) is 2.58. The van der Waals surface area contributed by atoms with Crippen LogP contribution in [0, 0.1) is 10.1 Å². The number of nitrogens with zero attached hydrogens (tertiary/aromatic N) is 1. The van der Waals surface area contributed by atoms with Crippen LogP contribution in [0.25, 0.3) is 0 Å². The molecule has 134 valence electrons. The van der Waals surface area contributed by atoms with Crippen molar-refractivity contribution < 1.29 is 19.9 Å². The summed E-state index contributed by atoms with van der Waals surface area (Å²) in [5, 5.41) is 32.8. The molecule has 0 aliphatic rings. The van der Waals surface area contributed by atoms with E-state index in [1.165, 1.54) is 24.3 Å². The molecule has 9 heteroatoms. The monoisotopic (exact) mass is 340 g/mol. The van der Waals surface area contributed by atoms with Gasteiger partial charge in [0.05, 0.1) is 23.6 Å². The first-order chi connectivity index (χ1) is 11.4. The molecule has 0 bridgehead atoms. The molecular weight excluding hydrogens is 316 g/mol. The van der Waals surface area contributed by atoms with Gasteiger partial charge in [-0.1, -0.05) is 6.42 Å². The van der Waals surface area contributed by atoms with Gasteiger partial charge in [0, 0.05) is 12.1 Å². The number of carbonyl (C=O) groups is 1. The number of nitrogens with one attached hydrogen (secondary N) is 1. The maximum absolute atomic E-state index is 12.0. The van der Waals surface area contributed by atoms with Crippen LogP contribution >= 0.6 is 0 Å². The summed E-state index contributed by atoms with van der Waals surface area (Å²) in [4.78, 5) is 22.1. The molecule has 0 aliphatic carbocycles. The molecule has 9 nitrogen and oxygen atoms in total. The number of nitrogens with two attached hydrogens (primary N) is 2. The highest BCUT2D eigenvalue weighted by Gasteiger charge is 2.25. The molecule has 0 saturated carbocycles. The molecule has 0 aliphatic heterocycles. The van der Waals surface area contributed by atoms with E-state index in [9.17, 15) is 25.1 Å². The van der Waals surface area contributed by atoms with Gasteiger partial charge in [0.25, 0.3) is 5.69 Å². The average molecular weight is 340 g/mol. The third-order valence-electron chi connectivity index (χ3n) is 3.66. The van der Waals surface area contributed by atoms with Crippen LogP contribution in [-0.2, 0) is 4.79 Å². The van der Waals surface area contributed by atoms with Gasteiger partial charge in [-0.2, -0.15) is 0 Å². The van der Waals surface area contributed by atoms with E-state index in [1.807, 2.05) is 0 Å². The predicted octanol–water partition coefficient (Wildman–Crippen LogP) is -0.438. The number of non-ortho nitro benzene ring substituents is 1. The van der Waals surface area contributed by atoms with E-state index in [0.29, 0.717) is 24.9 Å². The van der Waals surface area contributed by atoms with Crippen molar-refractivity contribution in [3.8, 4) is 0 Å². The molecule has 0 heterocycles. The lowest BCUT2D eigenvalue weighted by atomic mass is 10.0. The molecule has 1 aromatic carbocycles. The van der Waals surface area contributed by atoms with Crippen molar-refractivity contribution in [2.75, 3.05) is 13.2 Å². The zero-order chi connectivity index (χ0) is 18.1. The second kappa shape index (κ2) is 9.93. The molecule has 0 aromatic heterocycles. The van der Waals surface area contributed by atoms with E-state index in [4.69, 9.17) is 11.5 Å². The summed E-state index contributed by atoms with van der Waals surface area (Å²) < 4.78 is 0. The maximum Gasteiger partial charge on any atom is 0.269 e. The van der Waals surface area contributed by atoms with Crippen molar-refractivity contribution in [1.82, 2.24) is 5.32 Å². The summed E-state index contributed by atoms with van der Waals surface area (Å²) in [5.41, 5.74) is 11.4. The van der Waals surface area contributed by atoms with Crippen molar-refractivity contribution in [3.63, 3.8) is 0 Å². The molecule has 1 rings (SSSR count). The van der Waals surface area contributed by atoms with Crippen LogP contribution in [0.1, 0.15) is 30.9 Å². The van der Waals surface area contributed by atoms with Crippen molar-refractivity contribution in [1.29, 1.82) is 0 Å². The highest BCUT2D eigenvalue weighted by Crippen LogP contribution is 2.20. The Morgan fingerprint density at radius 1 is 1.29 bits per heavy atom. The number of unbranched alkanes of at least 4 members (excludes halogenated alkanes) is 1. The lowest BCUT2D eigenvalue weighted by Crippen LogP contribution is -2.49. The first kappa shape index (κ1) is 20.0. The van der Waals surface area contributed by atoms with E-state index < -0.39 is 35.6 Å². The van der Waals surface area contributed by atoms with Gasteiger partial charge in [-0.05, 0) is 37.1 Å². The molecule has 7 N–H and O–H groups in total. The SMILES string of the molecule is NCCCC[C@H](N)C(=O)N[C@H](CO)[C@H](O)c1ccc([N+](=O)[O-])cc1. The lowest BCUT2D eigenvalue weighted by Gasteiger charge is -2.24. The predicted molar refractivity (Wildman–Crippen MR) is 88.0 cm³/mol. The Labute approximate surface area is 139 Å². The molecule has 0 saturated heterocycles. The second-order valence-corrected chi connectivity index (χ2v) is 5.48. The molecule has 24 heavy (non-hydrogen) atoms. The van der Waals surface area contributed by atoms with Gasteiger partial charge in [0.2, 0.25) is 5.91 Å². The number of hydrogen-bond donors (Lipinski definition) is 5. The highest BCUT2D eigenvalue weighted by atomic mass is 16.6. The summed E-state index contributed by atoms with van der Waals surface area (Å²) in [5.74, 6) is -0.480. The number of nitro benzene ring substituents is 1. The molecular formula is C15H24N4O5. The number of aliphatic hydroxyl groups excluding tert-OH is 2. The van der Waals surface area contributed by atoms with E-state index in [-0.39, 0.29) is 5.69 Å². The zero-order valence-electron chi connectivity index (χ0n) is 13.3. The standard InChI is InChI=1S/C15H24N4O5/c16-8-2-1-3-12(17)15(22)18-13(9-20)14(21)10-4-6-11(7-5-10)19(23)24/h4-7,12-14,20-21H,1-3,8-9,16-17H2,(H,18,22)/t12-,13+,14+/m0/s1. The Bertz CT molecular complexity index is 537. The number of benzene rings is 1. The number of nitro groups is 1. The Morgan fingerprint density at radius 2 is 1.92 bits per heavy atom. The molecule has 0 radical (unpaired) electrons. The Morgan fingerprint density at radius 3 is 2.42 bits per heavy atom. The minimum atomic E-state index is -1.21. The summed E-state index contributed by atoms with van der Waals surface area (Å²) in [6.45, 7) is 0.0197. The van der Waals surface area contributed by atoms with Gasteiger partial charge in [-0.3, -0.25) is 14.9 Å². The van der Waals surface area contributed by atoms with Gasteiger partial charge in [0.1, 0.15) is 6.10 Å². The van der Waals surface area contributed by atoms with E-state index in [2.05, 4.69) is 5.32 Å². The quantitative estimate of drug-likeness (QED) is 0.219. The third kappa shape index (κ3) is 5.85. The second-order valence-electron chi connectivity index (χ2n) is 5.48. The molecule has 0 fully saturated rings. The Balaban J connectivity index is 2.67. The molecule has 3 atom stereocenters. The van der Waals surface area contributed by atoms with Crippen molar-refractivity contribution in [2.45, 2.75) is 37.5 Å². The van der Waals surface area contributed by atoms with E-state index in [1.54, 1.807) is 0 Å². The zero-order valence-corrected chi connectivity index (χ0v) is 13.3. The summed E-state index contributed by atoms with van der Waals surface area (Å²) in [6.07, 6.45) is 0.709. The number of hydrogen-bond acceptors (Lipinski definition) is 7. The molecule has 1 aromatic rings. The smallest absolute Gasteiger partial charge is 0.269 e. The first-order valence-corrected chi connectivity index (χ1v) is 7.70. The fourth-order valence-electron chi connectivity index (χ4n) is 2.18. The number of rotatable bonds is 10. The summed E-state index contributed by atoms with van der Waals surface area (Å²) in [6, 6.07) is 3.52. The van der Waals surface area contributed by atoms with E-state index >= 15 is 0 Å². The first-order valence-electron chi connectivity index (χ1n) is 7.70. The normalized spacial score (nSPS) is 14.7. The van der Waals surface area contributed by atoms with Crippen molar-refractivity contribution in [2.24, 2.45) is 11.5 Å². The molecule has 1 amide bonds. The van der Waals surface area contributed by atoms with Crippen LogP contribution in [0.3, 0.4) is 0 Å². The van der Waals surface area contributed by atoms with Gasteiger partial charge in [-0.15, -0.1) is 0 Å². The maximum atomic E-state index is 12.0. The highest BCUT2D eigenvalue weighted by molar-refractivity contribution is 5.81. The van der Waals surface area contributed by atoms with Crippen LogP contribution in [0.4, 0.5) is 5.69 Å². The van der Waals surface area contributed by atoms with Crippen LogP contribution in [0.15, 0.2) is 24.3 Å². The number of aliphatic hydroxyl groups is 2. The minimum Gasteiger partial charge on any atom is -0.394 e. The molecule has 0 unspecified atom stereocenters. The fourth-order valence-corrected chi connectivity index (χ4v) is 2.18. The largest absolute Gasteiger partial charge is 0.394 e. The minimum absolute atomic E-state index is 0.113. The van der Waals surface area contributed by atoms with Crippen molar-refractivity contribution in [3.05, 3.63) is 39.9 Å². The third-order valence-corrected chi connectivity index (χ3v) is 3.66. The van der Waals surface area contributed by atoms with Crippen LogP contribution in [-0.4, -0.2) is 46.3 Å². The van der Waals surface area contributed by atoms with Crippen LogP contribution in [0.2, 0.25) is 0 Å². The Kier molecular flexibility index (Phi) is 8.27. The summed E-state index contributed by atoms with van der Waals surface area (Å²) in [7, 11) is 0. The number of carbonyl (C=O) groups excluding carboxylic acids is 1. The fraction of sp³-hybridized carbons (Fsp3) is 0.533.